The number of carbonyl (C=O) groups is 1. The summed E-state index contributed by atoms with van der Waals surface area (Å²) in [5, 5.41) is 2.73. The lowest BCUT2D eigenvalue weighted by molar-refractivity contribution is 0.000410. The topological polar surface area (TPSA) is 101 Å². The lowest BCUT2D eigenvalue weighted by Crippen LogP contribution is -2.49. The summed E-state index contributed by atoms with van der Waals surface area (Å²) in [7, 11) is -3.24. The number of ether oxygens (including phenoxy) is 1. The van der Waals surface area contributed by atoms with E-state index in [9.17, 15) is 13.2 Å². The van der Waals surface area contributed by atoms with E-state index in [2.05, 4.69) is 15.3 Å². The first-order chi connectivity index (χ1) is 10.8. The van der Waals surface area contributed by atoms with E-state index in [0.717, 1.165) is 0 Å². The zero-order valence-corrected chi connectivity index (χ0v) is 14.3. The molecule has 2 heterocycles. The first-order valence-corrected chi connectivity index (χ1v) is 9.30. The lowest BCUT2D eigenvalue weighted by atomic mass is 10.2. The zero-order chi connectivity index (χ0) is 17.0. The average molecular weight is 342 g/mol. The van der Waals surface area contributed by atoms with E-state index >= 15 is 0 Å². The van der Waals surface area contributed by atoms with Gasteiger partial charge in [-0.15, -0.1) is 0 Å². The van der Waals surface area contributed by atoms with E-state index in [0.29, 0.717) is 24.7 Å². The molecule has 0 spiro atoms. The smallest absolute Gasteiger partial charge is 0.270 e. The molecule has 1 saturated heterocycles. The van der Waals surface area contributed by atoms with Crippen LogP contribution >= 0.6 is 0 Å². The number of amides is 1. The van der Waals surface area contributed by atoms with Crippen molar-refractivity contribution in [3.8, 4) is 0 Å². The van der Waals surface area contributed by atoms with Crippen LogP contribution in [0.15, 0.2) is 12.3 Å². The number of rotatable bonds is 5. The van der Waals surface area contributed by atoms with Gasteiger partial charge < -0.3 is 10.1 Å². The quantitative estimate of drug-likeness (QED) is 0.807. The molecule has 1 fully saturated rings. The highest BCUT2D eigenvalue weighted by molar-refractivity contribution is 7.88. The third-order valence-electron chi connectivity index (χ3n) is 3.48. The average Bonchev–Trinajstić information content (AvgIpc) is 2.52. The minimum atomic E-state index is -3.24. The number of morpholine rings is 1. The summed E-state index contributed by atoms with van der Waals surface area (Å²) in [5.74, 6) is 0.414. The van der Waals surface area contributed by atoms with E-state index in [1.807, 2.05) is 13.8 Å². The maximum atomic E-state index is 12.2. The van der Waals surface area contributed by atoms with E-state index in [4.69, 9.17) is 4.74 Å². The monoisotopic (exact) mass is 342 g/mol. The number of nitrogens with zero attached hydrogens (tertiary/aromatic N) is 3. The van der Waals surface area contributed by atoms with Crippen molar-refractivity contribution in [2.45, 2.75) is 25.9 Å². The van der Waals surface area contributed by atoms with Crippen LogP contribution < -0.4 is 5.32 Å². The van der Waals surface area contributed by atoms with Gasteiger partial charge in [-0.3, -0.25) is 4.79 Å². The van der Waals surface area contributed by atoms with Crippen molar-refractivity contribution in [2.24, 2.45) is 0 Å². The Morgan fingerprint density at radius 1 is 1.52 bits per heavy atom. The zero-order valence-electron chi connectivity index (χ0n) is 13.5. The number of nitrogens with one attached hydrogen (secondary N) is 1. The maximum absolute atomic E-state index is 12.2. The Morgan fingerprint density at radius 3 is 2.91 bits per heavy atom. The lowest BCUT2D eigenvalue weighted by Gasteiger charge is -2.31. The van der Waals surface area contributed by atoms with E-state index < -0.39 is 10.0 Å². The van der Waals surface area contributed by atoms with Crippen molar-refractivity contribution in [3.05, 3.63) is 23.8 Å². The van der Waals surface area contributed by atoms with Gasteiger partial charge >= 0.3 is 0 Å². The molecule has 2 rings (SSSR count). The van der Waals surface area contributed by atoms with E-state index in [1.165, 1.54) is 10.6 Å². The fourth-order valence-corrected chi connectivity index (χ4v) is 3.04. The van der Waals surface area contributed by atoms with Gasteiger partial charge in [-0.25, -0.2) is 18.4 Å². The van der Waals surface area contributed by atoms with Gasteiger partial charge in [0.1, 0.15) is 11.5 Å². The normalized spacial score (nSPS) is 19.7. The molecule has 0 unspecified atom stereocenters. The van der Waals surface area contributed by atoms with Crippen LogP contribution in [0.3, 0.4) is 0 Å². The SMILES string of the molecule is CC(C)c1nccc(C(=O)NC[C@@H]2CN(S(C)(=O)=O)CCO2)n1. The Balaban J connectivity index is 1.93. The molecule has 9 heteroatoms. The maximum Gasteiger partial charge on any atom is 0.270 e. The predicted molar refractivity (Wildman–Crippen MR) is 84.6 cm³/mol. The van der Waals surface area contributed by atoms with E-state index in [-0.39, 0.29) is 31.0 Å². The summed E-state index contributed by atoms with van der Waals surface area (Å²) >= 11 is 0. The van der Waals surface area contributed by atoms with Crippen molar-refractivity contribution in [1.29, 1.82) is 0 Å². The first-order valence-electron chi connectivity index (χ1n) is 7.45. The Hall–Kier alpha value is -1.58. The molecule has 8 nitrogen and oxygen atoms in total. The fraction of sp³-hybridized carbons (Fsp3) is 0.643. The molecule has 0 saturated carbocycles. The third-order valence-corrected chi connectivity index (χ3v) is 4.75. The van der Waals surface area contributed by atoms with Crippen molar-refractivity contribution in [3.63, 3.8) is 0 Å². The second-order valence-corrected chi connectivity index (χ2v) is 7.76. The van der Waals surface area contributed by atoms with Gasteiger partial charge in [0.15, 0.2) is 0 Å². The van der Waals surface area contributed by atoms with Crippen LogP contribution in [0.4, 0.5) is 0 Å². The molecule has 23 heavy (non-hydrogen) atoms. The van der Waals surface area contributed by atoms with Crippen molar-refractivity contribution < 1.29 is 17.9 Å². The third kappa shape index (κ3) is 4.95. The number of hydrogen-bond donors (Lipinski definition) is 1. The number of hydrogen-bond acceptors (Lipinski definition) is 6. The molecule has 1 aromatic heterocycles. The van der Waals surface area contributed by atoms with Gasteiger partial charge in [0.2, 0.25) is 10.0 Å². The molecule has 1 atom stereocenters. The Morgan fingerprint density at radius 2 is 2.26 bits per heavy atom. The molecular formula is C14H22N4O4S. The van der Waals surface area contributed by atoms with Gasteiger partial charge in [0, 0.05) is 31.7 Å². The van der Waals surface area contributed by atoms with Crippen LogP contribution in [0.2, 0.25) is 0 Å². The van der Waals surface area contributed by atoms with Gasteiger partial charge in [0.25, 0.3) is 5.91 Å². The van der Waals surface area contributed by atoms with Crippen LogP contribution in [0.5, 0.6) is 0 Å². The molecule has 128 valence electrons. The number of sulfonamides is 1. The molecule has 0 bridgehead atoms. The van der Waals surface area contributed by atoms with Gasteiger partial charge in [-0.05, 0) is 6.07 Å². The van der Waals surface area contributed by atoms with Crippen LogP contribution in [0, 0.1) is 0 Å². The molecule has 0 radical (unpaired) electrons. The molecule has 1 N–H and O–H groups in total. The van der Waals surface area contributed by atoms with Gasteiger partial charge in [-0.2, -0.15) is 4.31 Å². The van der Waals surface area contributed by atoms with Crippen molar-refractivity contribution in [2.75, 3.05) is 32.5 Å². The van der Waals surface area contributed by atoms with Crippen LogP contribution in [-0.4, -0.2) is 67.2 Å². The standard InChI is InChI=1S/C14H22N4O4S/c1-10(2)13-15-5-4-12(17-13)14(19)16-8-11-9-18(6-7-22-11)23(3,20)21/h4-5,10-11H,6-9H2,1-3H3,(H,16,19)/t11-/m1/s1. The Bertz CT molecular complexity index is 662. The predicted octanol–water partition coefficient (Wildman–Crippen LogP) is -0.00980. The summed E-state index contributed by atoms with van der Waals surface area (Å²) < 4.78 is 30.0. The van der Waals surface area contributed by atoms with Crippen molar-refractivity contribution in [1.82, 2.24) is 19.6 Å². The molecule has 1 aromatic rings. The molecular weight excluding hydrogens is 320 g/mol. The Kier molecular flexibility index (Phi) is 5.66. The fourth-order valence-electron chi connectivity index (χ4n) is 2.19. The molecule has 1 aliphatic heterocycles. The molecule has 0 aliphatic carbocycles. The van der Waals surface area contributed by atoms with Crippen LogP contribution in [0.25, 0.3) is 0 Å². The minimum absolute atomic E-state index is 0.132. The summed E-state index contributed by atoms with van der Waals surface area (Å²) in [6.07, 6.45) is 2.36. The van der Waals surface area contributed by atoms with Crippen LogP contribution in [0.1, 0.15) is 36.1 Å². The highest BCUT2D eigenvalue weighted by atomic mass is 32.2. The summed E-state index contributed by atoms with van der Waals surface area (Å²) in [6.45, 7) is 5.02. The minimum Gasteiger partial charge on any atom is -0.374 e. The Labute approximate surface area is 136 Å². The molecule has 1 amide bonds. The second kappa shape index (κ2) is 7.33. The van der Waals surface area contributed by atoms with Gasteiger partial charge in [-0.1, -0.05) is 13.8 Å². The summed E-state index contributed by atoms with van der Waals surface area (Å²) in [4.78, 5) is 20.5. The second-order valence-electron chi connectivity index (χ2n) is 5.78. The first kappa shape index (κ1) is 17.8. The van der Waals surface area contributed by atoms with Gasteiger partial charge in [0.05, 0.1) is 19.0 Å². The molecule has 0 aromatic carbocycles. The number of aromatic nitrogens is 2. The largest absolute Gasteiger partial charge is 0.374 e. The highest BCUT2D eigenvalue weighted by Gasteiger charge is 2.26. The van der Waals surface area contributed by atoms with E-state index in [1.54, 1.807) is 12.3 Å². The van der Waals surface area contributed by atoms with Crippen LogP contribution in [-0.2, 0) is 14.8 Å². The number of carbonyl (C=O) groups excluding carboxylic acids is 1. The summed E-state index contributed by atoms with van der Waals surface area (Å²) in [6, 6.07) is 1.55. The molecule has 1 aliphatic rings. The van der Waals surface area contributed by atoms with Crippen molar-refractivity contribution >= 4 is 15.9 Å². The summed E-state index contributed by atoms with van der Waals surface area (Å²) in [5.41, 5.74) is 0.291. The highest BCUT2D eigenvalue weighted by Crippen LogP contribution is 2.10.